The quantitative estimate of drug-likeness (QED) is 0.316. The second kappa shape index (κ2) is 7.62. The molecule has 31 heavy (non-hydrogen) atoms. The Morgan fingerprint density at radius 2 is 1.65 bits per heavy atom. The average Bonchev–Trinajstić information content (AvgIpc) is 3.55. The molecule has 3 fully saturated rings. The van der Waals surface area contributed by atoms with Crippen LogP contribution in [-0.2, 0) is 19.1 Å². The van der Waals surface area contributed by atoms with E-state index >= 15 is 0 Å². The largest absolute Gasteiger partial charge is 0.462 e. The number of hydrogen-bond acceptors (Lipinski definition) is 5. The van der Waals surface area contributed by atoms with E-state index in [2.05, 4.69) is 17.5 Å². The van der Waals surface area contributed by atoms with Crippen molar-refractivity contribution in [1.82, 2.24) is 4.90 Å². The van der Waals surface area contributed by atoms with Crippen molar-refractivity contribution in [2.45, 2.75) is 26.2 Å². The standard InChI is InChI=1S/C24H26N2O5/c1-2-3-10-31-24(30)13-4-6-14(7-5-13)25-19(27)12-26-22(28)20-15-8-9-16(18-11-17(15)18)21(20)23(26)29/h4-9,15-18,20-21H,2-3,10-12H2,1H3,(H,25,27)/t15-,16-,17-,18-,20+,21+/m0/s1. The first kappa shape index (κ1) is 20.0. The van der Waals surface area contributed by atoms with E-state index in [9.17, 15) is 19.2 Å². The first-order valence-corrected chi connectivity index (χ1v) is 11.1. The Bertz CT molecular complexity index is 933. The highest BCUT2D eigenvalue weighted by Gasteiger charge is 2.67. The number of amides is 3. The second-order valence-electron chi connectivity index (χ2n) is 9.03. The fourth-order valence-electron chi connectivity index (χ4n) is 5.60. The van der Waals surface area contributed by atoms with Crippen molar-refractivity contribution in [3.8, 4) is 0 Å². The predicted molar refractivity (Wildman–Crippen MR) is 112 cm³/mol. The Kier molecular flexibility index (Phi) is 4.91. The van der Waals surface area contributed by atoms with Crippen LogP contribution >= 0.6 is 0 Å². The lowest BCUT2D eigenvalue weighted by Gasteiger charge is -2.37. The highest BCUT2D eigenvalue weighted by Crippen LogP contribution is 2.65. The second-order valence-corrected chi connectivity index (χ2v) is 9.03. The van der Waals surface area contributed by atoms with Crippen LogP contribution in [0, 0.1) is 35.5 Å². The van der Waals surface area contributed by atoms with Crippen molar-refractivity contribution in [2.24, 2.45) is 35.5 Å². The Morgan fingerprint density at radius 1 is 1.03 bits per heavy atom. The van der Waals surface area contributed by atoms with E-state index in [1.807, 2.05) is 6.92 Å². The summed E-state index contributed by atoms with van der Waals surface area (Å²) in [7, 11) is 0. The van der Waals surface area contributed by atoms with Gasteiger partial charge in [-0.2, -0.15) is 0 Å². The first-order chi connectivity index (χ1) is 15.0. The van der Waals surface area contributed by atoms with Crippen molar-refractivity contribution >= 4 is 29.4 Å². The first-order valence-electron chi connectivity index (χ1n) is 11.1. The third-order valence-corrected chi connectivity index (χ3v) is 7.19. The number of benzene rings is 1. The zero-order valence-corrected chi connectivity index (χ0v) is 17.5. The maximum Gasteiger partial charge on any atom is 0.338 e. The molecule has 162 valence electrons. The zero-order valence-electron chi connectivity index (χ0n) is 17.5. The number of anilines is 1. The number of esters is 1. The summed E-state index contributed by atoms with van der Waals surface area (Å²) < 4.78 is 5.17. The van der Waals surface area contributed by atoms with Gasteiger partial charge in [0.2, 0.25) is 17.7 Å². The van der Waals surface area contributed by atoms with Gasteiger partial charge in [0.1, 0.15) is 6.54 Å². The van der Waals surface area contributed by atoms with Crippen LogP contribution in [0.3, 0.4) is 0 Å². The molecule has 2 bridgehead atoms. The van der Waals surface area contributed by atoms with Crippen molar-refractivity contribution < 1.29 is 23.9 Å². The third kappa shape index (κ3) is 3.36. The van der Waals surface area contributed by atoms with Gasteiger partial charge in [0.15, 0.2) is 0 Å². The fraction of sp³-hybridized carbons (Fsp3) is 0.500. The number of allylic oxidation sites excluding steroid dienone is 2. The predicted octanol–water partition coefficient (Wildman–Crippen LogP) is 2.64. The summed E-state index contributed by atoms with van der Waals surface area (Å²) in [5, 5.41) is 2.71. The van der Waals surface area contributed by atoms with Crippen LogP contribution in [0.15, 0.2) is 36.4 Å². The van der Waals surface area contributed by atoms with Crippen LogP contribution in [0.25, 0.3) is 0 Å². The van der Waals surface area contributed by atoms with Gasteiger partial charge in [0.25, 0.3) is 0 Å². The van der Waals surface area contributed by atoms with Gasteiger partial charge < -0.3 is 10.1 Å². The summed E-state index contributed by atoms with van der Waals surface area (Å²) >= 11 is 0. The minimum absolute atomic E-state index is 0.147. The summed E-state index contributed by atoms with van der Waals surface area (Å²) in [6.45, 7) is 2.12. The molecule has 1 saturated heterocycles. The van der Waals surface area contributed by atoms with Gasteiger partial charge in [0.05, 0.1) is 24.0 Å². The lowest BCUT2D eigenvalue weighted by Crippen LogP contribution is -2.40. The molecule has 6 rings (SSSR count). The van der Waals surface area contributed by atoms with Gasteiger partial charge in [-0.05, 0) is 60.8 Å². The number of nitrogens with zero attached hydrogens (tertiary/aromatic N) is 1. The number of hydrogen-bond donors (Lipinski definition) is 1. The topological polar surface area (TPSA) is 92.8 Å². The van der Waals surface area contributed by atoms with Crippen LogP contribution in [0.4, 0.5) is 5.69 Å². The van der Waals surface area contributed by atoms with Crippen molar-refractivity contribution in [2.75, 3.05) is 18.5 Å². The van der Waals surface area contributed by atoms with Crippen LogP contribution in [0.2, 0.25) is 0 Å². The maximum absolute atomic E-state index is 13.0. The molecule has 7 nitrogen and oxygen atoms in total. The molecule has 7 heteroatoms. The molecule has 1 N–H and O–H groups in total. The fourth-order valence-corrected chi connectivity index (χ4v) is 5.60. The van der Waals surface area contributed by atoms with Gasteiger partial charge in [-0.3, -0.25) is 19.3 Å². The number of likely N-dealkylation sites (tertiary alicyclic amines) is 1. The number of rotatable bonds is 7. The molecule has 0 aromatic heterocycles. The molecule has 5 aliphatic rings. The Hall–Kier alpha value is -2.96. The van der Waals surface area contributed by atoms with Crippen LogP contribution in [0.5, 0.6) is 0 Å². The number of carbonyl (C=O) groups excluding carboxylic acids is 4. The summed E-state index contributed by atoms with van der Waals surface area (Å²) in [5.41, 5.74) is 0.902. The van der Waals surface area contributed by atoms with E-state index in [0.29, 0.717) is 29.7 Å². The molecule has 1 aromatic carbocycles. The zero-order chi connectivity index (χ0) is 21.7. The number of ether oxygens (including phenoxy) is 1. The molecule has 0 spiro atoms. The van der Waals surface area contributed by atoms with E-state index < -0.39 is 11.9 Å². The van der Waals surface area contributed by atoms with Gasteiger partial charge in [-0.25, -0.2) is 4.79 Å². The molecular weight excluding hydrogens is 396 g/mol. The highest BCUT2D eigenvalue weighted by atomic mass is 16.5. The van der Waals surface area contributed by atoms with E-state index in [4.69, 9.17) is 4.74 Å². The number of nitrogens with one attached hydrogen (secondary N) is 1. The highest BCUT2D eigenvalue weighted by molar-refractivity contribution is 6.09. The van der Waals surface area contributed by atoms with E-state index in [0.717, 1.165) is 24.2 Å². The van der Waals surface area contributed by atoms with Crippen LogP contribution < -0.4 is 5.32 Å². The molecule has 6 atom stereocenters. The van der Waals surface area contributed by atoms with E-state index in [1.54, 1.807) is 24.3 Å². The Morgan fingerprint density at radius 3 is 2.23 bits per heavy atom. The van der Waals surface area contributed by atoms with Crippen molar-refractivity contribution in [3.63, 3.8) is 0 Å². The van der Waals surface area contributed by atoms with Gasteiger partial charge in [-0.1, -0.05) is 25.5 Å². The van der Waals surface area contributed by atoms with Crippen molar-refractivity contribution in [1.29, 1.82) is 0 Å². The summed E-state index contributed by atoms with van der Waals surface area (Å²) in [5.74, 6) is -0.465. The van der Waals surface area contributed by atoms with Gasteiger partial charge >= 0.3 is 5.97 Å². The molecule has 1 aromatic rings. The van der Waals surface area contributed by atoms with E-state index in [-0.39, 0.29) is 42.0 Å². The lowest BCUT2D eigenvalue weighted by atomic mass is 9.63. The molecule has 0 radical (unpaired) electrons. The average molecular weight is 422 g/mol. The Labute approximate surface area is 180 Å². The normalized spacial score (nSPS) is 32.0. The van der Waals surface area contributed by atoms with E-state index in [1.165, 1.54) is 0 Å². The number of imide groups is 1. The van der Waals surface area contributed by atoms with Gasteiger partial charge in [-0.15, -0.1) is 0 Å². The number of unbranched alkanes of at least 4 members (excludes halogenated alkanes) is 1. The summed E-state index contributed by atoms with van der Waals surface area (Å²) in [6, 6.07) is 6.39. The Balaban J connectivity index is 1.19. The molecule has 1 aliphatic heterocycles. The third-order valence-electron chi connectivity index (χ3n) is 7.19. The lowest BCUT2D eigenvalue weighted by molar-refractivity contribution is -0.142. The molecule has 3 amide bonds. The van der Waals surface area contributed by atoms with Crippen LogP contribution in [-0.4, -0.2) is 41.7 Å². The molecular formula is C24H26N2O5. The maximum atomic E-state index is 13.0. The van der Waals surface area contributed by atoms with Crippen molar-refractivity contribution in [3.05, 3.63) is 42.0 Å². The minimum atomic E-state index is -0.427. The number of carbonyl (C=O) groups is 4. The van der Waals surface area contributed by atoms with Gasteiger partial charge in [0, 0.05) is 5.69 Å². The SMILES string of the molecule is CCCCOC(=O)c1ccc(NC(=O)CN2C(=O)[C@@H]3[C@H]4C=C[C@@H]([C@@H]5C[C@@H]45)[C@H]3C2=O)cc1. The molecule has 4 aliphatic carbocycles. The molecule has 0 unspecified atom stereocenters. The summed E-state index contributed by atoms with van der Waals surface area (Å²) in [6.07, 6.45) is 7.10. The molecule has 1 heterocycles. The summed E-state index contributed by atoms with van der Waals surface area (Å²) in [4.78, 5) is 51.6. The monoisotopic (exact) mass is 422 g/mol. The molecule has 2 saturated carbocycles. The smallest absolute Gasteiger partial charge is 0.338 e. The minimum Gasteiger partial charge on any atom is -0.462 e. The van der Waals surface area contributed by atoms with Crippen LogP contribution in [0.1, 0.15) is 36.5 Å².